The molecule has 2 aromatic rings. The Kier molecular flexibility index (Phi) is 4.38. The Morgan fingerprint density at radius 2 is 1.95 bits per heavy atom. The van der Waals surface area contributed by atoms with Crippen LogP contribution in [-0.2, 0) is 0 Å². The molecule has 0 aliphatic carbocycles. The lowest BCUT2D eigenvalue weighted by atomic mass is 10.1. The van der Waals surface area contributed by atoms with Crippen molar-refractivity contribution in [1.29, 1.82) is 0 Å². The number of hydrogen-bond acceptors (Lipinski definition) is 3. The van der Waals surface area contributed by atoms with Gasteiger partial charge >= 0.3 is 0 Å². The van der Waals surface area contributed by atoms with Crippen molar-refractivity contribution in [3.8, 4) is 0 Å². The topological polar surface area (TPSA) is 19.4 Å². The molecule has 1 fully saturated rings. The van der Waals surface area contributed by atoms with Crippen LogP contribution >= 0.6 is 11.6 Å². The minimum Gasteiger partial charge on any atom is -0.370 e. The van der Waals surface area contributed by atoms with Gasteiger partial charge in [0.1, 0.15) is 0 Å². The maximum atomic E-state index is 5.86. The average Bonchev–Trinajstić information content (AvgIpc) is 2.73. The van der Waals surface area contributed by atoms with Gasteiger partial charge in [-0.05, 0) is 25.1 Å². The summed E-state index contributed by atoms with van der Waals surface area (Å²) >= 11 is 5.86. The van der Waals surface area contributed by atoms with Crippen molar-refractivity contribution >= 4 is 28.2 Å². The zero-order chi connectivity index (χ0) is 13.8. The van der Waals surface area contributed by atoms with Gasteiger partial charge in [0.15, 0.2) is 0 Å². The summed E-state index contributed by atoms with van der Waals surface area (Å²) in [5.41, 5.74) is 2.38. The number of para-hydroxylation sites is 1. The molecule has 1 aliphatic rings. The normalized spacial score (nSPS) is 17.4. The van der Waals surface area contributed by atoms with Gasteiger partial charge in [0.2, 0.25) is 0 Å². The summed E-state index contributed by atoms with van der Waals surface area (Å²) in [6.45, 7) is 5.39. The first-order valence-electron chi connectivity index (χ1n) is 7.25. The number of rotatable bonds is 3. The number of pyridine rings is 1. The van der Waals surface area contributed by atoms with E-state index in [2.05, 4.69) is 39.0 Å². The average molecular weight is 290 g/mol. The third kappa shape index (κ3) is 2.89. The summed E-state index contributed by atoms with van der Waals surface area (Å²) < 4.78 is 0. The summed E-state index contributed by atoms with van der Waals surface area (Å²) in [6, 6.07) is 10.5. The molecule has 1 aromatic heterocycles. The number of aromatic nitrogens is 1. The molecule has 3 nitrogen and oxygen atoms in total. The summed E-state index contributed by atoms with van der Waals surface area (Å²) in [4.78, 5) is 9.39. The van der Waals surface area contributed by atoms with Crippen molar-refractivity contribution < 1.29 is 0 Å². The predicted octanol–water partition coefficient (Wildman–Crippen LogP) is 2.99. The number of benzene rings is 1. The van der Waals surface area contributed by atoms with Crippen molar-refractivity contribution in [3.05, 3.63) is 36.5 Å². The molecule has 20 heavy (non-hydrogen) atoms. The van der Waals surface area contributed by atoms with E-state index in [1.165, 1.54) is 17.5 Å². The molecule has 4 heteroatoms. The first-order chi connectivity index (χ1) is 9.88. The van der Waals surface area contributed by atoms with E-state index in [1.54, 1.807) is 0 Å². The molecule has 2 heterocycles. The van der Waals surface area contributed by atoms with Crippen molar-refractivity contribution in [1.82, 2.24) is 9.88 Å². The molecule has 106 valence electrons. The lowest BCUT2D eigenvalue weighted by molar-refractivity contribution is 0.311. The molecule has 0 atom stereocenters. The van der Waals surface area contributed by atoms with Crippen molar-refractivity contribution in [2.75, 3.05) is 43.5 Å². The highest BCUT2D eigenvalue weighted by Gasteiger charge is 2.16. The van der Waals surface area contributed by atoms with Gasteiger partial charge in [0.25, 0.3) is 0 Å². The van der Waals surface area contributed by atoms with E-state index in [4.69, 9.17) is 11.6 Å². The maximum Gasteiger partial charge on any atom is 0.0722 e. The van der Waals surface area contributed by atoms with Crippen LogP contribution in [0.2, 0.25) is 0 Å². The van der Waals surface area contributed by atoms with Crippen LogP contribution in [0.1, 0.15) is 6.42 Å². The number of nitrogens with zero attached hydrogens (tertiary/aromatic N) is 3. The second-order valence-electron chi connectivity index (χ2n) is 5.22. The zero-order valence-corrected chi connectivity index (χ0v) is 12.4. The van der Waals surface area contributed by atoms with Crippen LogP contribution < -0.4 is 4.90 Å². The van der Waals surface area contributed by atoms with E-state index >= 15 is 0 Å². The van der Waals surface area contributed by atoms with E-state index in [0.717, 1.165) is 44.1 Å². The Labute approximate surface area is 125 Å². The molecule has 0 amide bonds. The SMILES string of the molecule is ClCCN1CCCN(c2ccnc3ccccc23)CC1. The fourth-order valence-corrected chi connectivity index (χ4v) is 3.15. The van der Waals surface area contributed by atoms with E-state index < -0.39 is 0 Å². The highest BCUT2D eigenvalue weighted by Crippen LogP contribution is 2.25. The number of fused-ring (bicyclic) bond motifs is 1. The van der Waals surface area contributed by atoms with Gasteiger partial charge in [-0.1, -0.05) is 18.2 Å². The summed E-state index contributed by atoms with van der Waals surface area (Å²) in [6.07, 6.45) is 3.10. The van der Waals surface area contributed by atoms with Gasteiger partial charge in [0.05, 0.1) is 5.52 Å². The Bertz CT molecular complexity index is 567. The Morgan fingerprint density at radius 3 is 2.85 bits per heavy atom. The van der Waals surface area contributed by atoms with Gasteiger partial charge in [0, 0.05) is 49.3 Å². The van der Waals surface area contributed by atoms with Crippen LogP contribution in [-0.4, -0.2) is 48.5 Å². The smallest absolute Gasteiger partial charge is 0.0722 e. The van der Waals surface area contributed by atoms with Crippen LogP contribution in [0.3, 0.4) is 0 Å². The van der Waals surface area contributed by atoms with Crippen LogP contribution in [0.15, 0.2) is 36.5 Å². The molecule has 3 rings (SSSR count). The number of halogens is 1. The number of hydrogen-bond donors (Lipinski definition) is 0. The first-order valence-corrected chi connectivity index (χ1v) is 7.79. The fourth-order valence-electron chi connectivity index (χ4n) is 2.91. The molecule has 0 bridgehead atoms. The predicted molar refractivity (Wildman–Crippen MR) is 85.7 cm³/mol. The summed E-state index contributed by atoms with van der Waals surface area (Å²) in [5, 5.41) is 1.25. The molecular weight excluding hydrogens is 270 g/mol. The highest BCUT2D eigenvalue weighted by molar-refractivity contribution is 6.18. The van der Waals surface area contributed by atoms with Gasteiger partial charge in [-0.25, -0.2) is 0 Å². The number of anilines is 1. The maximum absolute atomic E-state index is 5.86. The third-order valence-electron chi connectivity index (χ3n) is 3.96. The first kappa shape index (κ1) is 13.7. The molecule has 1 saturated heterocycles. The molecule has 0 saturated carbocycles. The molecule has 0 N–H and O–H groups in total. The summed E-state index contributed by atoms with van der Waals surface area (Å²) in [5.74, 6) is 0.720. The lowest BCUT2D eigenvalue weighted by Crippen LogP contribution is -2.31. The van der Waals surface area contributed by atoms with Gasteiger partial charge < -0.3 is 9.80 Å². The minimum atomic E-state index is 0.720. The van der Waals surface area contributed by atoms with E-state index in [9.17, 15) is 0 Å². The largest absolute Gasteiger partial charge is 0.370 e. The second kappa shape index (κ2) is 6.42. The number of alkyl halides is 1. The molecule has 1 aliphatic heterocycles. The van der Waals surface area contributed by atoms with E-state index in [1.807, 2.05) is 12.3 Å². The molecule has 0 radical (unpaired) electrons. The Balaban J connectivity index is 1.84. The van der Waals surface area contributed by atoms with Crippen LogP contribution in [0.25, 0.3) is 10.9 Å². The molecule has 1 aromatic carbocycles. The highest BCUT2D eigenvalue weighted by atomic mass is 35.5. The van der Waals surface area contributed by atoms with Crippen LogP contribution in [0.5, 0.6) is 0 Å². The van der Waals surface area contributed by atoms with Gasteiger partial charge in [-0.3, -0.25) is 4.98 Å². The lowest BCUT2D eigenvalue weighted by Gasteiger charge is -2.24. The monoisotopic (exact) mass is 289 g/mol. The molecular formula is C16H20ClN3. The van der Waals surface area contributed by atoms with Gasteiger partial charge in [-0.2, -0.15) is 0 Å². The fraction of sp³-hybridized carbons (Fsp3) is 0.438. The van der Waals surface area contributed by atoms with E-state index in [0.29, 0.717) is 0 Å². The third-order valence-corrected chi connectivity index (χ3v) is 4.13. The molecule has 0 spiro atoms. The molecule has 0 unspecified atom stereocenters. The zero-order valence-electron chi connectivity index (χ0n) is 11.6. The van der Waals surface area contributed by atoms with Crippen molar-refractivity contribution in [3.63, 3.8) is 0 Å². The van der Waals surface area contributed by atoms with Crippen LogP contribution in [0, 0.1) is 0 Å². The van der Waals surface area contributed by atoms with Crippen molar-refractivity contribution in [2.45, 2.75) is 6.42 Å². The quantitative estimate of drug-likeness (QED) is 0.810. The Hall–Kier alpha value is -1.32. The minimum absolute atomic E-state index is 0.720. The van der Waals surface area contributed by atoms with E-state index in [-0.39, 0.29) is 0 Å². The Morgan fingerprint density at radius 1 is 1.05 bits per heavy atom. The van der Waals surface area contributed by atoms with Gasteiger partial charge in [-0.15, -0.1) is 11.6 Å². The van der Waals surface area contributed by atoms with Crippen LogP contribution in [0.4, 0.5) is 5.69 Å². The summed E-state index contributed by atoms with van der Waals surface area (Å²) in [7, 11) is 0. The van der Waals surface area contributed by atoms with Crippen molar-refractivity contribution in [2.24, 2.45) is 0 Å². The standard InChI is InChI=1S/C16H20ClN3/c17-7-11-19-9-3-10-20(13-12-19)16-6-8-18-15-5-2-1-4-14(15)16/h1-2,4-6,8H,3,7,9-13H2. The second-order valence-corrected chi connectivity index (χ2v) is 5.60.